The summed E-state index contributed by atoms with van der Waals surface area (Å²) in [5.74, 6) is 1.75. The van der Waals surface area contributed by atoms with E-state index in [9.17, 15) is 4.79 Å². The summed E-state index contributed by atoms with van der Waals surface area (Å²) in [6.07, 6.45) is 0.875. The van der Waals surface area contributed by atoms with Crippen LogP contribution >= 0.6 is 0 Å². The van der Waals surface area contributed by atoms with E-state index in [0.29, 0.717) is 36.4 Å². The molecule has 0 aliphatic heterocycles. The molecule has 152 valence electrons. The number of benzene rings is 2. The van der Waals surface area contributed by atoms with Crippen LogP contribution in [0.4, 0.5) is 0 Å². The lowest BCUT2D eigenvalue weighted by Crippen LogP contribution is -2.29. The molecule has 1 heterocycles. The minimum atomic E-state index is -0.167. The van der Waals surface area contributed by atoms with Gasteiger partial charge in [0, 0.05) is 17.7 Å². The molecule has 1 N–H and O–H groups in total. The van der Waals surface area contributed by atoms with Crippen LogP contribution < -0.4 is 14.8 Å². The maximum atomic E-state index is 11.8. The van der Waals surface area contributed by atoms with Gasteiger partial charge in [0.15, 0.2) is 18.1 Å². The minimum Gasteiger partial charge on any atom is -0.490 e. The summed E-state index contributed by atoms with van der Waals surface area (Å²) in [6.45, 7) is 6.92. The molecule has 29 heavy (non-hydrogen) atoms. The number of carbonyl (C=O) groups excluding carboxylic acids is 1. The van der Waals surface area contributed by atoms with E-state index in [1.165, 1.54) is 0 Å². The van der Waals surface area contributed by atoms with Gasteiger partial charge in [0.25, 0.3) is 11.8 Å². The lowest BCUT2D eigenvalue weighted by molar-refractivity contribution is -0.123. The van der Waals surface area contributed by atoms with E-state index in [1.54, 1.807) is 12.1 Å². The summed E-state index contributed by atoms with van der Waals surface area (Å²) in [7, 11) is 0. The summed E-state index contributed by atoms with van der Waals surface area (Å²) < 4.78 is 16.7. The first-order valence-corrected chi connectivity index (χ1v) is 9.68. The Morgan fingerprint density at radius 1 is 1.03 bits per heavy atom. The van der Waals surface area contributed by atoms with Gasteiger partial charge in [-0.2, -0.15) is 4.98 Å². The van der Waals surface area contributed by atoms with E-state index in [0.717, 1.165) is 23.1 Å². The Morgan fingerprint density at radius 2 is 1.79 bits per heavy atom. The Morgan fingerprint density at radius 3 is 2.52 bits per heavy atom. The molecular weight excluding hydrogens is 370 g/mol. The standard InChI is InChI=1S/C22H25N3O4/c1-4-12-23-20(26)14-28-18-11-10-17(13-19(18)27-5-2)21-24-22(29-25-21)16-8-6-15(3)7-9-16/h6-11,13H,4-5,12,14H2,1-3H3,(H,23,26). The SMILES string of the molecule is CCCNC(=O)COc1ccc(-c2noc(-c3ccc(C)cc3)n2)cc1OCC. The number of amides is 1. The Labute approximate surface area is 170 Å². The molecule has 3 rings (SSSR count). The molecule has 1 aromatic heterocycles. The molecule has 3 aromatic rings. The number of rotatable bonds is 9. The highest BCUT2D eigenvalue weighted by atomic mass is 16.5. The fraction of sp³-hybridized carbons (Fsp3) is 0.318. The van der Waals surface area contributed by atoms with Crippen LogP contribution in [0.2, 0.25) is 0 Å². The fourth-order valence-electron chi connectivity index (χ4n) is 2.65. The average Bonchev–Trinajstić information content (AvgIpc) is 3.22. The number of carbonyl (C=O) groups is 1. The van der Waals surface area contributed by atoms with Crippen LogP contribution in [0.3, 0.4) is 0 Å². The highest BCUT2D eigenvalue weighted by molar-refractivity contribution is 5.77. The normalized spacial score (nSPS) is 10.6. The Hall–Kier alpha value is -3.35. The van der Waals surface area contributed by atoms with Gasteiger partial charge in [0.05, 0.1) is 6.61 Å². The maximum Gasteiger partial charge on any atom is 0.258 e. The number of nitrogens with one attached hydrogen (secondary N) is 1. The lowest BCUT2D eigenvalue weighted by atomic mass is 10.1. The average molecular weight is 395 g/mol. The number of hydrogen-bond donors (Lipinski definition) is 1. The zero-order valence-electron chi connectivity index (χ0n) is 16.9. The van der Waals surface area contributed by atoms with Crippen LogP contribution in [0.1, 0.15) is 25.8 Å². The number of aromatic nitrogens is 2. The van der Waals surface area contributed by atoms with Crippen LogP contribution in [-0.4, -0.2) is 35.8 Å². The topological polar surface area (TPSA) is 86.5 Å². The second-order valence-corrected chi connectivity index (χ2v) is 6.52. The smallest absolute Gasteiger partial charge is 0.258 e. The van der Waals surface area contributed by atoms with E-state index in [1.807, 2.05) is 51.1 Å². The molecule has 7 heteroatoms. The van der Waals surface area contributed by atoms with E-state index in [-0.39, 0.29) is 12.5 Å². The van der Waals surface area contributed by atoms with Gasteiger partial charge in [-0.1, -0.05) is 29.8 Å². The molecule has 0 spiro atoms. The minimum absolute atomic E-state index is 0.0702. The van der Waals surface area contributed by atoms with Crippen molar-refractivity contribution in [3.8, 4) is 34.3 Å². The van der Waals surface area contributed by atoms with Gasteiger partial charge in [0.2, 0.25) is 5.82 Å². The third-order valence-corrected chi connectivity index (χ3v) is 4.16. The number of ether oxygens (including phenoxy) is 2. The van der Waals surface area contributed by atoms with Crippen molar-refractivity contribution in [3.05, 3.63) is 48.0 Å². The van der Waals surface area contributed by atoms with Gasteiger partial charge in [-0.25, -0.2) is 0 Å². The third kappa shape index (κ3) is 5.34. The van der Waals surface area contributed by atoms with Crippen LogP contribution in [0.15, 0.2) is 47.0 Å². The molecule has 0 saturated heterocycles. The molecule has 7 nitrogen and oxygen atoms in total. The molecule has 0 fully saturated rings. The third-order valence-electron chi connectivity index (χ3n) is 4.16. The van der Waals surface area contributed by atoms with Gasteiger partial charge >= 0.3 is 0 Å². The Bertz CT molecular complexity index is 951. The number of hydrogen-bond acceptors (Lipinski definition) is 6. The van der Waals surface area contributed by atoms with Gasteiger partial charge in [-0.3, -0.25) is 4.79 Å². The van der Waals surface area contributed by atoms with Crippen LogP contribution in [0.5, 0.6) is 11.5 Å². The zero-order chi connectivity index (χ0) is 20.6. The maximum absolute atomic E-state index is 11.8. The van der Waals surface area contributed by atoms with Crippen molar-refractivity contribution in [2.24, 2.45) is 0 Å². The lowest BCUT2D eigenvalue weighted by Gasteiger charge is -2.12. The van der Waals surface area contributed by atoms with Crippen molar-refractivity contribution in [1.29, 1.82) is 0 Å². The van der Waals surface area contributed by atoms with Crippen LogP contribution in [-0.2, 0) is 4.79 Å². The highest BCUT2D eigenvalue weighted by Gasteiger charge is 2.14. The first kappa shape index (κ1) is 20.4. The van der Waals surface area contributed by atoms with Crippen LogP contribution in [0, 0.1) is 6.92 Å². The first-order chi connectivity index (χ1) is 14.1. The van der Waals surface area contributed by atoms with Crippen LogP contribution in [0.25, 0.3) is 22.8 Å². The van der Waals surface area contributed by atoms with Crippen molar-refractivity contribution < 1.29 is 18.8 Å². The van der Waals surface area contributed by atoms with E-state index < -0.39 is 0 Å². The van der Waals surface area contributed by atoms with Gasteiger partial charge in [-0.05, 0) is 50.6 Å². The van der Waals surface area contributed by atoms with Gasteiger partial charge in [0.1, 0.15) is 0 Å². The quantitative estimate of drug-likeness (QED) is 0.589. The first-order valence-electron chi connectivity index (χ1n) is 9.68. The molecule has 0 aliphatic carbocycles. The molecule has 0 unspecified atom stereocenters. The van der Waals surface area contributed by atoms with Crippen molar-refractivity contribution >= 4 is 5.91 Å². The Balaban J connectivity index is 1.77. The molecule has 0 aliphatic rings. The molecule has 1 amide bonds. The molecule has 0 saturated carbocycles. The van der Waals surface area contributed by atoms with Gasteiger partial charge in [-0.15, -0.1) is 0 Å². The predicted octanol–water partition coefficient (Wildman–Crippen LogP) is 4.02. The van der Waals surface area contributed by atoms with Gasteiger partial charge < -0.3 is 19.3 Å². The monoisotopic (exact) mass is 395 g/mol. The van der Waals surface area contributed by atoms with Crippen molar-refractivity contribution in [2.75, 3.05) is 19.8 Å². The second kappa shape index (κ2) is 9.73. The summed E-state index contributed by atoms with van der Waals surface area (Å²) >= 11 is 0. The second-order valence-electron chi connectivity index (χ2n) is 6.52. The zero-order valence-corrected chi connectivity index (χ0v) is 16.9. The van der Waals surface area contributed by atoms with E-state index >= 15 is 0 Å². The molecule has 0 bridgehead atoms. The largest absolute Gasteiger partial charge is 0.490 e. The molecule has 2 aromatic carbocycles. The highest BCUT2D eigenvalue weighted by Crippen LogP contribution is 2.32. The summed E-state index contributed by atoms with van der Waals surface area (Å²) in [4.78, 5) is 16.3. The summed E-state index contributed by atoms with van der Waals surface area (Å²) in [5, 5.41) is 6.85. The van der Waals surface area contributed by atoms with Crippen molar-refractivity contribution in [3.63, 3.8) is 0 Å². The number of aryl methyl sites for hydroxylation is 1. The van der Waals surface area contributed by atoms with E-state index in [2.05, 4.69) is 15.5 Å². The van der Waals surface area contributed by atoms with E-state index in [4.69, 9.17) is 14.0 Å². The van der Waals surface area contributed by atoms with Crippen molar-refractivity contribution in [1.82, 2.24) is 15.5 Å². The Kier molecular flexibility index (Phi) is 6.84. The fourth-order valence-corrected chi connectivity index (χ4v) is 2.65. The summed E-state index contributed by atoms with van der Waals surface area (Å²) in [6, 6.07) is 13.2. The summed E-state index contributed by atoms with van der Waals surface area (Å²) in [5.41, 5.74) is 2.75. The molecule has 0 radical (unpaired) electrons. The van der Waals surface area contributed by atoms with Crippen molar-refractivity contribution in [2.45, 2.75) is 27.2 Å². The number of nitrogens with zero attached hydrogens (tertiary/aromatic N) is 2. The molecular formula is C22H25N3O4. The predicted molar refractivity (Wildman–Crippen MR) is 110 cm³/mol. The molecule has 0 atom stereocenters.